The van der Waals surface area contributed by atoms with E-state index in [-0.39, 0.29) is 29.3 Å². The second-order valence-corrected chi connectivity index (χ2v) is 9.34. The fourth-order valence-electron chi connectivity index (χ4n) is 4.75. The summed E-state index contributed by atoms with van der Waals surface area (Å²) in [6, 6.07) is 13.1. The summed E-state index contributed by atoms with van der Waals surface area (Å²) in [6.07, 6.45) is 4.78. The number of benzene rings is 2. The lowest BCUT2D eigenvalue weighted by molar-refractivity contribution is -0.118. The van der Waals surface area contributed by atoms with Crippen LogP contribution in [-0.2, 0) is 17.6 Å². The normalized spacial score (nSPS) is 17.6. The number of fused-ring (bicyclic) bond motifs is 3. The molecule has 2 atom stereocenters. The first kappa shape index (κ1) is 24.5. The number of nitrogens with zero attached hydrogens (tertiary/aromatic N) is 3. The average molecular weight is 514 g/mol. The Labute approximate surface area is 218 Å². The van der Waals surface area contributed by atoms with Crippen LogP contribution in [0.5, 0.6) is 0 Å². The molecule has 37 heavy (non-hydrogen) atoms. The van der Waals surface area contributed by atoms with Crippen LogP contribution in [0.4, 0.5) is 5.69 Å². The van der Waals surface area contributed by atoms with Crippen LogP contribution in [0, 0.1) is 23.7 Å². The number of amides is 2. The van der Waals surface area contributed by atoms with E-state index >= 15 is 0 Å². The molecule has 2 aromatic carbocycles. The molecule has 186 valence electrons. The van der Waals surface area contributed by atoms with Crippen LogP contribution in [0.25, 0.3) is 16.9 Å². The number of carbonyl (C=O) groups is 2. The molecule has 2 heterocycles. The summed E-state index contributed by atoms with van der Waals surface area (Å²) in [5.74, 6) is 4.00. The van der Waals surface area contributed by atoms with Gasteiger partial charge in [-0.2, -0.15) is 5.10 Å². The average Bonchev–Trinajstić information content (AvgIpc) is 3.28. The van der Waals surface area contributed by atoms with Gasteiger partial charge in [-0.05, 0) is 60.7 Å². The van der Waals surface area contributed by atoms with Gasteiger partial charge >= 0.3 is 0 Å². The molecule has 0 saturated carbocycles. The SMILES string of the molecule is CC1C=CN=C(Cl)C1C(=O)Nc1ccc2c(c1)-c1c(c(C(N)=O)nn1-c1ccc(C#CCO)cc1)CC2. The third-order valence-electron chi connectivity index (χ3n) is 6.57. The second-order valence-electron chi connectivity index (χ2n) is 8.95. The van der Waals surface area contributed by atoms with Crippen LogP contribution in [0.1, 0.15) is 34.1 Å². The summed E-state index contributed by atoms with van der Waals surface area (Å²) in [6.45, 7) is 1.70. The number of halogens is 1. The molecule has 1 aliphatic carbocycles. The molecule has 1 aromatic heterocycles. The van der Waals surface area contributed by atoms with Gasteiger partial charge in [0.25, 0.3) is 5.91 Å². The van der Waals surface area contributed by atoms with Crippen molar-refractivity contribution in [1.29, 1.82) is 0 Å². The topological polar surface area (TPSA) is 123 Å². The van der Waals surface area contributed by atoms with E-state index < -0.39 is 11.8 Å². The molecule has 4 N–H and O–H groups in total. The number of aliphatic imine (C=N–C) groups is 1. The largest absolute Gasteiger partial charge is 0.384 e. The van der Waals surface area contributed by atoms with Crippen LogP contribution in [0.2, 0.25) is 0 Å². The first-order chi connectivity index (χ1) is 17.9. The second kappa shape index (κ2) is 10.1. The number of hydrogen-bond acceptors (Lipinski definition) is 5. The number of aliphatic hydroxyl groups is 1. The number of allylic oxidation sites excluding steroid dienone is 1. The van der Waals surface area contributed by atoms with Crippen molar-refractivity contribution in [3.05, 3.63) is 77.1 Å². The Bertz CT molecular complexity index is 1530. The van der Waals surface area contributed by atoms with Gasteiger partial charge in [0.1, 0.15) is 11.8 Å². The van der Waals surface area contributed by atoms with E-state index in [0.717, 1.165) is 33.6 Å². The fourth-order valence-corrected chi connectivity index (χ4v) is 5.11. The van der Waals surface area contributed by atoms with E-state index in [1.807, 2.05) is 55.5 Å². The Hall–Kier alpha value is -4.19. The molecule has 2 amide bonds. The highest BCUT2D eigenvalue weighted by molar-refractivity contribution is 6.67. The van der Waals surface area contributed by atoms with Crippen molar-refractivity contribution < 1.29 is 14.7 Å². The summed E-state index contributed by atoms with van der Waals surface area (Å²) >= 11 is 6.24. The number of rotatable bonds is 4. The van der Waals surface area contributed by atoms with Crippen molar-refractivity contribution in [2.24, 2.45) is 22.6 Å². The zero-order valence-electron chi connectivity index (χ0n) is 20.0. The molecule has 5 rings (SSSR count). The molecule has 1 aliphatic heterocycles. The zero-order chi connectivity index (χ0) is 26.1. The Morgan fingerprint density at radius 3 is 2.70 bits per heavy atom. The van der Waals surface area contributed by atoms with Gasteiger partial charge in [0.05, 0.1) is 17.3 Å². The van der Waals surface area contributed by atoms with E-state index in [9.17, 15) is 9.59 Å². The molecule has 0 saturated heterocycles. The van der Waals surface area contributed by atoms with Crippen LogP contribution in [0.15, 0.2) is 59.7 Å². The molecular formula is C28H24ClN5O3. The number of aromatic nitrogens is 2. The van der Waals surface area contributed by atoms with E-state index in [2.05, 4.69) is 27.2 Å². The highest BCUT2D eigenvalue weighted by atomic mass is 35.5. The molecule has 2 unspecified atom stereocenters. The van der Waals surface area contributed by atoms with Crippen molar-refractivity contribution in [2.75, 3.05) is 11.9 Å². The number of aliphatic hydroxyl groups excluding tert-OH is 1. The maximum Gasteiger partial charge on any atom is 0.269 e. The number of nitrogens with two attached hydrogens (primary N) is 1. The van der Waals surface area contributed by atoms with Gasteiger partial charge in [-0.25, -0.2) is 9.67 Å². The molecule has 0 bridgehead atoms. The minimum atomic E-state index is -0.596. The molecule has 0 radical (unpaired) electrons. The molecule has 8 nitrogen and oxygen atoms in total. The first-order valence-corrected chi connectivity index (χ1v) is 12.2. The number of hydrogen-bond donors (Lipinski definition) is 3. The molecule has 0 spiro atoms. The van der Waals surface area contributed by atoms with Gasteiger partial charge in [0.15, 0.2) is 5.69 Å². The van der Waals surface area contributed by atoms with Gasteiger partial charge in [-0.15, -0.1) is 0 Å². The van der Waals surface area contributed by atoms with Crippen molar-refractivity contribution in [2.45, 2.75) is 19.8 Å². The zero-order valence-corrected chi connectivity index (χ0v) is 20.8. The minimum Gasteiger partial charge on any atom is -0.384 e. The monoisotopic (exact) mass is 513 g/mol. The minimum absolute atomic E-state index is 0.0844. The van der Waals surface area contributed by atoms with Gasteiger partial charge in [0.2, 0.25) is 5.91 Å². The highest BCUT2D eigenvalue weighted by Crippen LogP contribution is 2.38. The predicted octanol–water partition coefficient (Wildman–Crippen LogP) is 3.44. The van der Waals surface area contributed by atoms with Gasteiger partial charge in [-0.1, -0.05) is 42.5 Å². The summed E-state index contributed by atoms with van der Waals surface area (Å²) in [5.41, 5.74) is 11.5. The lowest BCUT2D eigenvalue weighted by Gasteiger charge is -2.23. The van der Waals surface area contributed by atoms with Crippen molar-refractivity contribution in [1.82, 2.24) is 9.78 Å². The third kappa shape index (κ3) is 4.67. The molecule has 9 heteroatoms. The number of nitrogens with one attached hydrogen (secondary N) is 1. The predicted molar refractivity (Wildman–Crippen MR) is 143 cm³/mol. The summed E-state index contributed by atoms with van der Waals surface area (Å²) < 4.78 is 1.71. The van der Waals surface area contributed by atoms with Gasteiger partial charge < -0.3 is 16.2 Å². The van der Waals surface area contributed by atoms with Crippen LogP contribution >= 0.6 is 11.6 Å². The lowest BCUT2D eigenvalue weighted by atomic mass is 9.88. The Morgan fingerprint density at radius 1 is 1.22 bits per heavy atom. The van der Waals surface area contributed by atoms with Gasteiger partial charge in [0, 0.05) is 28.6 Å². The Balaban J connectivity index is 1.55. The molecular weight excluding hydrogens is 490 g/mol. The summed E-state index contributed by atoms with van der Waals surface area (Å²) in [5, 5.41) is 16.7. The quantitative estimate of drug-likeness (QED) is 0.462. The van der Waals surface area contributed by atoms with E-state index in [4.69, 9.17) is 22.4 Å². The third-order valence-corrected chi connectivity index (χ3v) is 6.90. The van der Waals surface area contributed by atoms with Crippen LogP contribution in [0.3, 0.4) is 0 Å². The number of aryl methyl sites for hydroxylation is 1. The smallest absolute Gasteiger partial charge is 0.269 e. The van der Waals surface area contributed by atoms with Crippen LogP contribution < -0.4 is 11.1 Å². The number of primary amides is 1. The van der Waals surface area contributed by atoms with Gasteiger partial charge in [-0.3, -0.25) is 9.59 Å². The van der Waals surface area contributed by atoms with E-state index in [1.165, 1.54) is 0 Å². The van der Waals surface area contributed by atoms with E-state index in [0.29, 0.717) is 18.5 Å². The molecule has 2 aliphatic rings. The number of anilines is 1. The summed E-state index contributed by atoms with van der Waals surface area (Å²) in [7, 11) is 0. The molecule has 3 aromatic rings. The fraction of sp³-hybridized carbons (Fsp3) is 0.214. The van der Waals surface area contributed by atoms with Crippen molar-refractivity contribution in [3.63, 3.8) is 0 Å². The Kier molecular flexibility index (Phi) is 6.66. The number of carbonyl (C=O) groups excluding carboxylic acids is 2. The highest BCUT2D eigenvalue weighted by Gasteiger charge is 2.31. The van der Waals surface area contributed by atoms with Crippen molar-refractivity contribution >= 4 is 34.3 Å². The standard InChI is InChI=1S/C28H24ClN5O3/c1-16-12-13-31-26(29)23(16)28(37)32-19-8-6-18-7-11-21-24(27(30)36)33-34(25(21)22(18)15-19)20-9-4-17(5-10-20)3-2-14-35/h4-6,8-10,12-13,15-16,23,35H,7,11,14H2,1H3,(H2,30,36)(H,32,37). The first-order valence-electron chi connectivity index (χ1n) is 11.8. The maximum absolute atomic E-state index is 13.1. The Morgan fingerprint density at radius 2 is 2.00 bits per heavy atom. The van der Waals surface area contributed by atoms with Crippen molar-refractivity contribution in [3.8, 4) is 28.8 Å². The lowest BCUT2D eigenvalue weighted by Crippen LogP contribution is -2.33. The maximum atomic E-state index is 13.1. The molecule has 0 fully saturated rings. The summed E-state index contributed by atoms with van der Waals surface area (Å²) in [4.78, 5) is 29.4. The van der Waals surface area contributed by atoms with Crippen LogP contribution in [-0.4, -0.2) is 38.5 Å². The van der Waals surface area contributed by atoms with E-state index in [1.54, 1.807) is 10.9 Å².